The summed E-state index contributed by atoms with van der Waals surface area (Å²) in [5, 5.41) is 2.89. The number of rotatable bonds is 5. The topological polar surface area (TPSA) is 70.6 Å². The van der Waals surface area contributed by atoms with Gasteiger partial charge in [0.2, 0.25) is 5.95 Å². The van der Waals surface area contributed by atoms with Crippen molar-refractivity contribution in [3.05, 3.63) is 47.8 Å². The minimum absolute atomic E-state index is 0.219. The summed E-state index contributed by atoms with van der Waals surface area (Å²) in [5.74, 6) is 1.14. The highest BCUT2D eigenvalue weighted by molar-refractivity contribution is 5.92. The van der Waals surface area contributed by atoms with Gasteiger partial charge < -0.3 is 19.9 Å². The van der Waals surface area contributed by atoms with Gasteiger partial charge in [0.25, 0.3) is 5.91 Å². The number of anilines is 1. The molecule has 132 valence electrons. The Hall–Kier alpha value is -2.67. The van der Waals surface area contributed by atoms with Crippen molar-refractivity contribution < 1.29 is 9.53 Å². The molecule has 1 fully saturated rings. The van der Waals surface area contributed by atoms with Crippen LogP contribution in [0.4, 0.5) is 5.95 Å². The molecule has 0 radical (unpaired) electrons. The van der Waals surface area contributed by atoms with Crippen molar-refractivity contribution in [2.75, 3.05) is 45.2 Å². The second-order valence-electron chi connectivity index (χ2n) is 6.03. The Morgan fingerprint density at radius 1 is 1.20 bits per heavy atom. The number of amides is 1. The zero-order valence-corrected chi connectivity index (χ0v) is 14.6. The van der Waals surface area contributed by atoms with E-state index in [0.29, 0.717) is 18.2 Å². The molecule has 1 saturated heterocycles. The zero-order chi connectivity index (χ0) is 17.6. The second kappa shape index (κ2) is 7.94. The van der Waals surface area contributed by atoms with E-state index in [4.69, 9.17) is 4.74 Å². The number of hydrogen-bond acceptors (Lipinski definition) is 6. The molecule has 2 aromatic rings. The maximum atomic E-state index is 12.4. The van der Waals surface area contributed by atoms with Gasteiger partial charge in [-0.15, -0.1) is 0 Å². The van der Waals surface area contributed by atoms with Crippen LogP contribution >= 0.6 is 0 Å². The lowest BCUT2D eigenvalue weighted by atomic mass is 10.2. The predicted octanol–water partition coefficient (Wildman–Crippen LogP) is 1.17. The number of piperazine rings is 1. The molecule has 1 N–H and O–H groups in total. The van der Waals surface area contributed by atoms with Crippen LogP contribution in [0.5, 0.6) is 5.75 Å². The van der Waals surface area contributed by atoms with E-state index in [1.807, 2.05) is 24.3 Å². The maximum Gasteiger partial charge on any atom is 0.270 e. The van der Waals surface area contributed by atoms with Gasteiger partial charge in [-0.1, -0.05) is 18.2 Å². The summed E-state index contributed by atoms with van der Waals surface area (Å²) >= 11 is 0. The van der Waals surface area contributed by atoms with E-state index in [2.05, 4.69) is 32.1 Å². The third-order valence-corrected chi connectivity index (χ3v) is 4.29. The summed E-state index contributed by atoms with van der Waals surface area (Å²) in [6, 6.07) is 9.25. The van der Waals surface area contributed by atoms with Crippen molar-refractivity contribution in [1.82, 2.24) is 20.2 Å². The molecule has 1 aromatic heterocycles. The smallest absolute Gasteiger partial charge is 0.270 e. The largest absolute Gasteiger partial charge is 0.496 e. The van der Waals surface area contributed by atoms with E-state index < -0.39 is 0 Å². The SMILES string of the molecule is COc1ccccc1CNC(=O)c1ccnc(N2CCN(C)CC2)n1. The summed E-state index contributed by atoms with van der Waals surface area (Å²) in [4.78, 5) is 25.5. The highest BCUT2D eigenvalue weighted by Gasteiger charge is 2.18. The molecular weight excluding hydrogens is 318 g/mol. The molecule has 25 heavy (non-hydrogen) atoms. The predicted molar refractivity (Wildman–Crippen MR) is 95.9 cm³/mol. The Balaban J connectivity index is 1.65. The van der Waals surface area contributed by atoms with Crippen molar-refractivity contribution in [1.29, 1.82) is 0 Å². The third-order valence-electron chi connectivity index (χ3n) is 4.29. The van der Waals surface area contributed by atoms with E-state index in [1.54, 1.807) is 19.4 Å². The Morgan fingerprint density at radius 3 is 2.72 bits per heavy atom. The quantitative estimate of drug-likeness (QED) is 0.880. The molecule has 3 rings (SSSR count). The standard InChI is InChI=1S/C18H23N5O2/c1-22-9-11-23(12-10-22)18-19-8-7-15(21-18)17(24)20-13-14-5-3-4-6-16(14)25-2/h3-8H,9-13H2,1-2H3,(H,20,24). The zero-order valence-electron chi connectivity index (χ0n) is 14.6. The summed E-state index contributed by atoms with van der Waals surface area (Å²) in [5.41, 5.74) is 1.30. The Bertz CT molecular complexity index is 729. The number of likely N-dealkylation sites (N-methyl/N-ethyl adjacent to an activating group) is 1. The van der Waals surface area contributed by atoms with Crippen LogP contribution in [0, 0.1) is 0 Å². The molecule has 0 unspecified atom stereocenters. The molecule has 0 saturated carbocycles. The molecule has 1 aromatic carbocycles. The number of aromatic nitrogens is 2. The van der Waals surface area contributed by atoms with E-state index in [1.165, 1.54) is 0 Å². The molecule has 0 bridgehead atoms. The summed E-state index contributed by atoms with van der Waals surface area (Å²) in [7, 11) is 3.72. The Morgan fingerprint density at radius 2 is 1.96 bits per heavy atom. The van der Waals surface area contributed by atoms with E-state index in [0.717, 1.165) is 37.5 Å². The van der Waals surface area contributed by atoms with E-state index in [-0.39, 0.29) is 5.91 Å². The van der Waals surface area contributed by atoms with Gasteiger partial charge in [0.1, 0.15) is 11.4 Å². The number of methoxy groups -OCH3 is 1. The van der Waals surface area contributed by atoms with Gasteiger partial charge in [-0.2, -0.15) is 0 Å². The van der Waals surface area contributed by atoms with Crippen LogP contribution in [-0.4, -0.2) is 61.1 Å². The summed E-state index contributed by atoms with van der Waals surface area (Å²) in [6.07, 6.45) is 1.64. The van der Waals surface area contributed by atoms with Crippen molar-refractivity contribution in [2.45, 2.75) is 6.54 Å². The third kappa shape index (κ3) is 4.24. The molecule has 2 heterocycles. The molecule has 1 aliphatic heterocycles. The lowest BCUT2D eigenvalue weighted by molar-refractivity contribution is 0.0945. The monoisotopic (exact) mass is 341 g/mol. The first-order valence-corrected chi connectivity index (χ1v) is 8.34. The van der Waals surface area contributed by atoms with Gasteiger partial charge in [-0.3, -0.25) is 4.79 Å². The molecule has 1 aliphatic rings. The fraction of sp³-hybridized carbons (Fsp3) is 0.389. The average Bonchev–Trinajstić information content (AvgIpc) is 2.67. The normalized spacial score (nSPS) is 15.0. The van der Waals surface area contributed by atoms with Crippen LogP contribution in [0.3, 0.4) is 0 Å². The molecule has 0 atom stereocenters. The number of para-hydroxylation sites is 1. The molecular formula is C18H23N5O2. The van der Waals surface area contributed by atoms with Crippen molar-refractivity contribution in [3.63, 3.8) is 0 Å². The van der Waals surface area contributed by atoms with Crippen LogP contribution in [0.25, 0.3) is 0 Å². The van der Waals surface area contributed by atoms with Crippen LogP contribution < -0.4 is 15.0 Å². The number of hydrogen-bond donors (Lipinski definition) is 1. The minimum atomic E-state index is -0.219. The van der Waals surface area contributed by atoms with Crippen LogP contribution in [0.15, 0.2) is 36.5 Å². The molecule has 0 aliphatic carbocycles. The molecule has 7 nitrogen and oxygen atoms in total. The maximum absolute atomic E-state index is 12.4. The van der Waals surface area contributed by atoms with E-state index in [9.17, 15) is 4.79 Å². The highest BCUT2D eigenvalue weighted by Crippen LogP contribution is 2.17. The lowest BCUT2D eigenvalue weighted by Crippen LogP contribution is -2.45. The van der Waals surface area contributed by atoms with Crippen molar-refractivity contribution in [2.24, 2.45) is 0 Å². The first kappa shape index (κ1) is 17.2. The highest BCUT2D eigenvalue weighted by atomic mass is 16.5. The number of carbonyl (C=O) groups excluding carboxylic acids is 1. The minimum Gasteiger partial charge on any atom is -0.496 e. The van der Waals surface area contributed by atoms with Gasteiger partial charge in [0, 0.05) is 44.5 Å². The number of carbonyl (C=O) groups is 1. The first-order valence-electron chi connectivity index (χ1n) is 8.34. The fourth-order valence-corrected chi connectivity index (χ4v) is 2.75. The fourth-order valence-electron chi connectivity index (χ4n) is 2.75. The summed E-state index contributed by atoms with van der Waals surface area (Å²) < 4.78 is 5.30. The van der Waals surface area contributed by atoms with Gasteiger partial charge >= 0.3 is 0 Å². The number of benzene rings is 1. The van der Waals surface area contributed by atoms with Crippen molar-refractivity contribution >= 4 is 11.9 Å². The van der Waals surface area contributed by atoms with Gasteiger partial charge in [0.15, 0.2) is 0 Å². The van der Waals surface area contributed by atoms with Crippen LogP contribution in [0.1, 0.15) is 16.1 Å². The summed E-state index contributed by atoms with van der Waals surface area (Å²) in [6.45, 7) is 4.05. The van der Waals surface area contributed by atoms with Gasteiger partial charge in [-0.05, 0) is 19.2 Å². The second-order valence-corrected chi connectivity index (χ2v) is 6.03. The molecule has 0 spiro atoms. The van der Waals surface area contributed by atoms with Gasteiger partial charge in [-0.25, -0.2) is 9.97 Å². The number of nitrogens with one attached hydrogen (secondary N) is 1. The van der Waals surface area contributed by atoms with Gasteiger partial charge in [0.05, 0.1) is 7.11 Å². The molecule has 1 amide bonds. The lowest BCUT2D eigenvalue weighted by Gasteiger charge is -2.32. The Kier molecular flexibility index (Phi) is 5.45. The first-order chi connectivity index (χ1) is 12.2. The van der Waals surface area contributed by atoms with Crippen LogP contribution in [-0.2, 0) is 6.54 Å². The number of nitrogens with zero attached hydrogens (tertiary/aromatic N) is 4. The Labute approximate surface area is 147 Å². The average molecular weight is 341 g/mol. The number of ether oxygens (including phenoxy) is 1. The molecule has 7 heteroatoms. The van der Waals surface area contributed by atoms with Crippen molar-refractivity contribution in [3.8, 4) is 5.75 Å². The van der Waals surface area contributed by atoms with E-state index >= 15 is 0 Å². The van der Waals surface area contributed by atoms with Crippen LogP contribution in [0.2, 0.25) is 0 Å².